The van der Waals surface area contributed by atoms with Crippen molar-refractivity contribution in [1.29, 1.82) is 0 Å². The van der Waals surface area contributed by atoms with E-state index in [0.717, 1.165) is 4.47 Å². The smallest absolute Gasteiger partial charge is 0.274 e. The second-order valence-electron chi connectivity index (χ2n) is 4.59. The molecule has 7 heteroatoms. The molecule has 1 amide bonds. The van der Waals surface area contributed by atoms with Crippen LogP contribution in [0, 0.1) is 0 Å². The summed E-state index contributed by atoms with van der Waals surface area (Å²) in [5.74, 6) is -0.357. The minimum absolute atomic E-state index is 0.116. The van der Waals surface area contributed by atoms with E-state index in [1.54, 1.807) is 11.4 Å². The summed E-state index contributed by atoms with van der Waals surface area (Å²) in [7, 11) is 0. The van der Waals surface area contributed by atoms with Gasteiger partial charge in [-0.05, 0) is 35.8 Å². The third-order valence-corrected chi connectivity index (χ3v) is 3.88. The molecule has 2 heterocycles. The Morgan fingerprint density at radius 2 is 2.15 bits per heavy atom. The lowest BCUT2D eigenvalue weighted by Crippen LogP contribution is -2.17. The fourth-order valence-corrected chi connectivity index (χ4v) is 2.89. The van der Waals surface area contributed by atoms with Gasteiger partial charge in [0, 0.05) is 29.0 Å². The lowest BCUT2D eigenvalue weighted by atomic mass is 10.3. The Morgan fingerprint density at radius 3 is 2.70 bits per heavy atom. The first-order valence-corrected chi connectivity index (χ1v) is 7.71. The highest BCUT2D eigenvalue weighted by Gasteiger charge is 2.16. The molecule has 0 aromatic carbocycles. The molecule has 2 rings (SSSR count). The van der Waals surface area contributed by atoms with Gasteiger partial charge in [0.05, 0.1) is 0 Å². The molecule has 0 aliphatic heterocycles. The SMILES string of the molecule is CC(=O)c1csc(NC(=O)c2cc(Br)cn2C(C)C)n1. The number of ketones is 1. The number of rotatable bonds is 4. The van der Waals surface area contributed by atoms with E-state index in [1.165, 1.54) is 18.3 Å². The highest BCUT2D eigenvalue weighted by Crippen LogP contribution is 2.22. The van der Waals surface area contributed by atoms with Gasteiger partial charge in [0.2, 0.25) is 0 Å². The lowest BCUT2D eigenvalue weighted by molar-refractivity contribution is 0.0999. The second kappa shape index (κ2) is 5.88. The van der Waals surface area contributed by atoms with Gasteiger partial charge in [-0.15, -0.1) is 11.3 Å². The van der Waals surface area contributed by atoms with Gasteiger partial charge in [0.25, 0.3) is 5.91 Å². The molecule has 0 saturated carbocycles. The van der Waals surface area contributed by atoms with Crippen molar-refractivity contribution in [3.8, 4) is 0 Å². The minimum Gasteiger partial charge on any atom is -0.340 e. The van der Waals surface area contributed by atoms with Crippen LogP contribution in [-0.4, -0.2) is 21.2 Å². The highest BCUT2D eigenvalue weighted by atomic mass is 79.9. The van der Waals surface area contributed by atoms with Gasteiger partial charge in [-0.2, -0.15) is 0 Å². The molecule has 0 aliphatic carbocycles. The van der Waals surface area contributed by atoms with Gasteiger partial charge in [-0.25, -0.2) is 4.98 Å². The molecule has 0 fully saturated rings. The maximum Gasteiger partial charge on any atom is 0.274 e. The summed E-state index contributed by atoms with van der Waals surface area (Å²) < 4.78 is 2.72. The van der Waals surface area contributed by atoms with Crippen LogP contribution < -0.4 is 5.32 Å². The molecule has 106 valence electrons. The van der Waals surface area contributed by atoms with E-state index < -0.39 is 0 Å². The van der Waals surface area contributed by atoms with Crippen LogP contribution in [0.1, 0.15) is 47.8 Å². The average Bonchev–Trinajstić information content (AvgIpc) is 2.95. The molecule has 0 aliphatic rings. The van der Waals surface area contributed by atoms with Gasteiger partial charge in [0.1, 0.15) is 11.4 Å². The van der Waals surface area contributed by atoms with Crippen LogP contribution in [0.5, 0.6) is 0 Å². The van der Waals surface area contributed by atoms with Gasteiger partial charge < -0.3 is 4.57 Å². The van der Waals surface area contributed by atoms with Crippen LogP contribution in [0.25, 0.3) is 0 Å². The van der Waals surface area contributed by atoms with E-state index in [1.807, 2.05) is 24.6 Å². The monoisotopic (exact) mass is 355 g/mol. The predicted octanol–water partition coefficient (Wildman–Crippen LogP) is 3.74. The van der Waals surface area contributed by atoms with E-state index in [0.29, 0.717) is 16.5 Å². The Balaban J connectivity index is 2.21. The molecule has 0 saturated heterocycles. The summed E-state index contributed by atoms with van der Waals surface area (Å²) in [4.78, 5) is 27.5. The maximum absolute atomic E-state index is 12.3. The third-order valence-electron chi connectivity index (χ3n) is 2.69. The summed E-state index contributed by atoms with van der Waals surface area (Å²) >= 11 is 4.61. The van der Waals surface area contributed by atoms with Crippen LogP contribution in [0.2, 0.25) is 0 Å². The standard InChI is InChI=1S/C13H14BrN3O2S/c1-7(2)17-5-9(14)4-11(17)12(19)16-13-15-10(6-20-13)8(3)18/h4-7H,1-3H3,(H,15,16,19). The minimum atomic E-state index is -0.242. The Labute approximate surface area is 129 Å². The summed E-state index contributed by atoms with van der Waals surface area (Å²) in [6.45, 7) is 5.45. The summed E-state index contributed by atoms with van der Waals surface area (Å²) in [6.07, 6.45) is 1.86. The number of nitrogens with zero attached hydrogens (tertiary/aromatic N) is 2. The molecular weight excluding hydrogens is 342 g/mol. The number of hydrogen-bond acceptors (Lipinski definition) is 4. The Bertz CT molecular complexity index is 660. The summed E-state index contributed by atoms with van der Waals surface area (Å²) in [5.41, 5.74) is 0.914. The molecule has 0 atom stereocenters. The molecule has 0 bridgehead atoms. The van der Waals surface area contributed by atoms with Crippen LogP contribution in [0.15, 0.2) is 22.1 Å². The van der Waals surface area contributed by atoms with E-state index in [-0.39, 0.29) is 17.7 Å². The number of thiazole rings is 1. The fraction of sp³-hybridized carbons (Fsp3) is 0.308. The van der Waals surface area contributed by atoms with Gasteiger partial charge >= 0.3 is 0 Å². The number of carbonyl (C=O) groups is 2. The fourth-order valence-electron chi connectivity index (χ4n) is 1.71. The molecule has 20 heavy (non-hydrogen) atoms. The number of amides is 1. The van der Waals surface area contributed by atoms with Crippen LogP contribution >= 0.6 is 27.3 Å². The van der Waals surface area contributed by atoms with E-state index in [2.05, 4.69) is 26.2 Å². The van der Waals surface area contributed by atoms with Crippen molar-refractivity contribution in [2.45, 2.75) is 26.8 Å². The number of hydrogen-bond donors (Lipinski definition) is 1. The Kier molecular flexibility index (Phi) is 4.39. The van der Waals surface area contributed by atoms with Crippen molar-refractivity contribution in [2.24, 2.45) is 0 Å². The summed E-state index contributed by atoms with van der Waals surface area (Å²) in [5, 5.41) is 4.77. The number of anilines is 1. The van der Waals surface area contributed by atoms with Gasteiger partial charge in [-0.3, -0.25) is 14.9 Å². The maximum atomic E-state index is 12.3. The number of aromatic nitrogens is 2. The lowest BCUT2D eigenvalue weighted by Gasteiger charge is -2.11. The first-order chi connectivity index (χ1) is 9.38. The molecule has 5 nitrogen and oxygen atoms in total. The van der Waals surface area contributed by atoms with Gasteiger partial charge in [0.15, 0.2) is 10.9 Å². The average molecular weight is 356 g/mol. The van der Waals surface area contributed by atoms with Crippen molar-refractivity contribution in [3.63, 3.8) is 0 Å². The Morgan fingerprint density at radius 1 is 1.45 bits per heavy atom. The van der Waals surface area contributed by atoms with Crippen molar-refractivity contribution >= 4 is 44.1 Å². The molecule has 0 radical (unpaired) electrons. The van der Waals surface area contributed by atoms with E-state index in [9.17, 15) is 9.59 Å². The van der Waals surface area contributed by atoms with Crippen molar-refractivity contribution in [1.82, 2.24) is 9.55 Å². The first-order valence-electron chi connectivity index (χ1n) is 6.03. The predicted molar refractivity (Wildman–Crippen MR) is 82.6 cm³/mol. The number of nitrogens with one attached hydrogen (secondary N) is 1. The second-order valence-corrected chi connectivity index (χ2v) is 6.37. The number of halogens is 1. The molecule has 0 spiro atoms. The van der Waals surface area contributed by atoms with Crippen molar-refractivity contribution in [3.05, 3.63) is 33.5 Å². The molecule has 2 aromatic rings. The van der Waals surface area contributed by atoms with Crippen LogP contribution in [-0.2, 0) is 0 Å². The normalized spacial score (nSPS) is 10.8. The highest BCUT2D eigenvalue weighted by molar-refractivity contribution is 9.10. The van der Waals surface area contributed by atoms with Gasteiger partial charge in [-0.1, -0.05) is 0 Å². The zero-order valence-electron chi connectivity index (χ0n) is 11.3. The van der Waals surface area contributed by atoms with Crippen molar-refractivity contribution in [2.75, 3.05) is 5.32 Å². The van der Waals surface area contributed by atoms with E-state index >= 15 is 0 Å². The summed E-state index contributed by atoms with van der Waals surface area (Å²) in [6, 6.07) is 1.93. The third kappa shape index (κ3) is 3.16. The van der Waals surface area contributed by atoms with E-state index in [4.69, 9.17) is 0 Å². The first kappa shape index (κ1) is 14.9. The quantitative estimate of drug-likeness (QED) is 0.849. The molecular formula is C13H14BrN3O2S. The topological polar surface area (TPSA) is 64.0 Å². The molecule has 2 aromatic heterocycles. The largest absolute Gasteiger partial charge is 0.340 e. The van der Waals surface area contributed by atoms with Crippen LogP contribution in [0.4, 0.5) is 5.13 Å². The van der Waals surface area contributed by atoms with Crippen molar-refractivity contribution < 1.29 is 9.59 Å². The number of Topliss-reactive ketones (excluding diaryl/α,β-unsaturated/α-hetero) is 1. The van der Waals surface area contributed by atoms with Crippen LogP contribution in [0.3, 0.4) is 0 Å². The molecule has 0 unspecified atom stereocenters. The zero-order valence-corrected chi connectivity index (χ0v) is 13.7. The molecule has 1 N–H and O–H groups in total. The number of carbonyl (C=O) groups excluding carboxylic acids is 2. The Hall–Kier alpha value is -1.47. The zero-order chi connectivity index (χ0) is 14.9.